The van der Waals surface area contributed by atoms with E-state index < -0.39 is 0 Å². The molecule has 3 rings (SSSR count). The second-order valence-electron chi connectivity index (χ2n) is 9.24. The zero-order valence-corrected chi connectivity index (χ0v) is 20.8. The van der Waals surface area contributed by atoms with E-state index in [4.69, 9.17) is 9.47 Å². The molecule has 180 valence electrons. The van der Waals surface area contributed by atoms with Gasteiger partial charge < -0.3 is 25.0 Å². The summed E-state index contributed by atoms with van der Waals surface area (Å²) in [5.74, 6) is 2.09. The first kappa shape index (κ1) is 24.8. The quantitative estimate of drug-likeness (QED) is 0.573. The van der Waals surface area contributed by atoms with Gasteiger partial charge in [0.1, 0.15) is 17.3 Å². The van der Waals surface area contributed by atoms with Crippen LogP contribution < -0.4 is 25.0 Å². The SMILES string of the molecule is CC(=O)Nc1ccc(N(Cc2cc(OC(C)C)cc(OC(C)C)c2)C2CCNCC2)c(C)n1. The summed E-state index contributed by atoms with van der Waals surface area (Å²) in [5, 5.41) is 6.24. The Kier molecular flexibility index (Phi) is 8.55. The van der Waals surface area contributed by atoms with E-state index >= 15 is 0 Å². The molecular formula is C26H38N4O3. The van der Waals surface area contributed by atoms with Gasteiger partial charge in [-0.05, 0) is 90.4 Å². The third-order valence-corrected chi connectivity index (χ3v) is 5.46. The van der Waals surface area contributed by atoms with E-state index in [2.05, 4.69) is 38.7 Å². The van der Waals surface area contributed by atoms with Crippen LogP contribution in [0.4, 0.5) is 11.5 Å². The number of aryl methyl sites for hydroxylation is 1. The molecule has 1 amide bonds. The van der Waals surface area contributed by atoms with Crippen LogP contribution in [0.15, 0.2) is 30.3 Å². The van der Waals surface area contributed by atoms with Crippen molar-refractivity contribution in [2.75, 3.05) is 23.3 Å². The Morgan fingerprint density at radius 3 is 2.21 bits per heavy atom. The third-order valence-electron chi connectivity index (χ3n) is 5.46. The summed E-state index contributed by atoms with van der Waals surface area (Å²) in [6.07, 6.45) is 2.29. The van der Waals surface area contributed by atoms with Crippen LogP contribution in [-0.2, 0) is 11.3 Å². The van der Waals surface area contributed by atoms with Crippen LogP contribution in [0.25, 0.3) is 0 Å². The van der Waals surface area contributed by atoms with Crippen LogP contribution in [0, 0.1) is 6.92 Å². The lowest BCUT2D eigenvalue weighted by Crippen LogP contribution is -2.43. The molecule has 7 nitrogen and oxygen atoms in total. The molecule has 0 atom stereocenters. The minimum Gasteiger partial charge on any atom is -0.491 e. The van der Waals surface area contributed by atoms with Crippen molar-refractivity contribution in [1.82, 2.24) is 10.3 Å². The summed E-state index contributed by atoms with van der Waals surface area (Å²) in [5.41, 5.74) is 3.11. The fourth-order valence-electron chi connectivity index (χ4n) is 4.24. The summed E-state index contributed by atoms with van der Waals surface area (Å²) in [6, 6.07) is 10.5. The average Bonchev–Trinajstić information content (AvgIpc) is 2.71. The lowest BCUT2D eigenvalue weighted by Gasteiger charge is -2.37. The van der Waals surface area contributed by atoms with Crippen LogP contribution in [0.5, 0.6) is 11.5 Å². The fraction of sp³-hybridized carbons (Fsp3) is 0.538. The van der Waals surface area contributed by atoms with E-state index in [1.165, 1.54) is 6.92 Å². The number of aromatic nitrogens is 1. The van der Waals surface area contributed by atoms with Gasteiger partial charge >= 0.3 is 0 Å². The Morgan fingerprint density at radius 1 is 1.09 bits per heavy atom. The van der Waals surface area contributed by atoms with Crippen molar-refractivity contribution >= 4 is 17.4 Å². The third kappa shape index (κ3) is 7.35. The number of carbonyl (C=O) groups is 1. The van der Waals surface area contributed by atoms with E-state index in [1.54, 1.807) is 0 Å². The van der Waals surface area contributed by atoms with E-state index in [1.807, 2.05) is 46.8 Å². The van der Waals surface area contributed by atoms with E-state index in [0.29, 0.717) is 11.9 Å². The number of carbonyl (C=O) groups excluding carboxylic acids is 1. The normalized spacial score (nSPS) is 14.4. The van der Waals surface area contributed by atoms with E-state index in [0.717, 1.165) is 60.9 Å². The first-order chi connectivity index (χ1) is 15.7. The molecule has 2 heterocycles. The zero-order valence-electron chi connectivity index (χ0n) is 20.8. The van der Waals surface area contributed by atoms with Gasteiger partial charge in [0.2, 0.25) is 5.91 Å². The summed E-state index contributed by atoms with van der Waals surface area (Å²) in [6.45, 7) is 14.3. The van der Waals surface area contributed by atoms with Gasteiger partial charge in [-0.1, -0.05) is 0 Å². The molecule has 2 aromatic rings. The van der Waals surface area contributed by atoms with Gasteiger partial charge in [0.05, 0.1) is 23.6 Å². The van der Waals surface area contributed by atoms with Crippen LogP contribution >= 0.6 is 0 Å². The first-order valence-electron chi connectivity index (χ1n) is 11.9. The Bertz CT molecular complexity index is 911. The number of benzene rings is 1. The molecule has 0 spiro atoms. The van der Waals surface area contributed by atoms with Crippen molar-refractivity contribution < 1.29 is 14.3 Å². The van der Waals surface area contributed by atoms with Crippen LogP contribution in [0.1, 0.15) is 58.7 Å². The molecule has 2 N–H and O–H groups in total. The van der Waals surface area contributed by atoms with Gasteiger partial charge in [-0.2, -0.15) is 0 Å². The number of piperidine rings is 1. The number of nitrogens with one attached hydrogen (secondary N) is 2. The Morgan fingerprint density at radius 2 is 1.70 bits per heavy atom. The number of hydrogen-bond donors (Lipinski definition) is 2. The number of hydrogen-bond acceptors (Lipinski definition) is 6. The Labute approximate surface area is 197 Å². The molecule has 0 radical (unpaired) electrons. The molecule has 0 bridgehead atoms. The van der Waals surface area contributed by atoms with Gasteiger partial charge in [-0.15, -0.1) is 0 Å². The van der Waals surface area contributed by atoms with Gasteiger partial charge in [-0.3, -0.25) is 4.79 Å². The zero-order chi connectivity index (χ0) is 24.0. The highest BCUT2D eigenvalue weighted by Crippen LogP contribution is 2.31. The van der Waals surface area contributed by atoms with Gasteiger partial charge in [0, 0.05) is 25.6 Å². The maximum Gasteiger partial charge on any atom is 0.222 e. The highest BCUT2D eigenvalue weighted by molar-refractivity contribution is 5.87. The molecule has 0 unspecified atom stereocenters. The monoisotopic (exact) mass is 454 g/mol. The van der Waals surface area contributed by atoms with Crippen molar-refractivity contribution in [3.8, 4) is 11.5 Å². The number of nitrogens with zero attached hydrogens (tertiary/aromatic N) is 2. The van der Waals surface area contributed by atoms with Crippen LogP contribution in [0.3, 0.4) is 0 Å². The molecule has 0 saturated carbocycles. The second kappa shape index (κ2) is 11.4. The predicted molar refractivity (Wildman–Crippen MR) is 133 cm³/mol. The lowest BCUT2D eigenvalue weighted by molar-refractivity contribution is -0.114. The van der Waals surface area contributed by atoms with Crippen molar-refractivity contribution in [3.63, 3.8) is 0 Å². The summed E-state index contributed by atoms with van der Waals surface area (Å²) >= 11 is 0. The highest BCUT2D eigenvalue weighted by atomic mass is 16.5. The van der Waals surface area contributed by atoms with Crippen molar-refractivity contribution in [3.05, 3.63) is 41.6 Å². The Balaban J connectivity index is 1.96. The molecule has 0 aliphatic carbocycles. The molecule has 1 aromatic carbocycles. The van der Waals surface area contributed by atoms with Crippen molar-refractivity contribution in [2.45, 2.75) is 79.2 Å². The standard InChI is InChI=1S/C26H38N4O3/c1-17(2)32-23-13-21(14-24(15-23)33-18(3)4)16-30(22-9-11-27-12-10-22)25-7-8-26(28-19(25)5)29-20(6)31/h7-8,13-15,17-18,22,27H,9-12,16H2,1-6H3,(H,28,29,31). The minimum atomic E-state index is -0.121. The molecule has 1 aliphatic rings. The minimum absolute atomic E-state index is 0.0837. The number of pyridine rings is 1. The smallest absolute Gasteiger partial charge is 0.222 e. The van der Waals surface area contributed by atoms with Crippen molar-refractivity contribution in [2.24, 2.45) is 0 Å². The van der Waals surface area contributed by atoms with Gasteiger partial charge in [-0.25, -0.2) is 4.98 Å². The molecule has 7 heteroatoms. The maximum absolute atomic E-state index is 11.5. The van der Waals surface area contributed by atoms with Crippen LogP contribution in [-0.4, -0.2) is 42.2 Å². The van der Waals surface area contributed by atoms with Gasteiger partial charge in [0.25, 0.3) is 0 Å². The lowest BCUT2D eigenvalue weighted by atomic mass is 10.0. The maximum atomic E-state index is 11.5. The summed E-state index contributed by atoms with van der Waals surface area (Å²) in [4.78, 5) is 18.5. The largest absolute Gasteiger partial charge is 0.491 e. The Hall–Kier alpha value is -2.80. The number of anilines is 2. The highest BCUT2D eigenvalue weighted by Gasteiger charge is 2.24. The van der Waals surface area contributed by atoms with Crippen LogP contribution in [0.2, 0.25) is 0 Å². The molecule has 33 heavy (non-hydrogen) atoms. The summed E-state index contributed by atoms with van der Waals surface area (Å²) < 4.78 is 12.1. The van der Waals surface area contributed by atoms with Gasteiger partial charge in [0.15, 0.2) is 0 Å². The summed E-state index contributed by atoms with van der Waals surface area (Å²) in [7, 11) is 0. The number of ether oxygens (including phenoxy) is 2. The molecule has 1 aromatic heterocycles. The average molecular weight is 455 g/mol. The number of amides is 1. The molecule has 1 aliphatic heterocycles. The molecule has 1 fully saturated rings. The predicted octanol–water partition coefficient (Wildman–Crippen LogP) is 4.68. The molecule has 1 saturated heterocycles. The van der Waals surface area contributed by atoms with E-state index in [-0.39, 0.29) is 18.1 Å². The van der Waals surface area contributed by atoms with E-state index in [9.17, 15) is 4.79 Å². The fourth-order valence-corrected chi connectivity index (χ4v) is 4.24. The number of rotatable bonds is 9. The first-order valence-corrected chi connectivity index (χ1v) is 11.9. The molecular weight excluding hydrogens is 416 g/mol. The topological polar surface area (TPSA) is 75.7 Å². The van der Waals surface area contributed by atoms with Crippen molar-refractivity contribution in [1.29, 1.82) is 0 Å². The second-order valence-corrected chi connectivity index (χ2v) is 9.24.